The van der Waals surface area contributed by atoms with Crippen molar-refractivity contribution in [2.24, 2.45) is 13.0 Å². The summed E-state index contributed by atoms with van der Waals surface area (Å²) in [7, 11) is 1.46. The highest BCUT2D eigenvalue weighted by molar-refractivity contribution is 5.90. The molecule has 3 heterocycles. The van der Waals surface area contributed by atoms with E-state index in [2.05, 4.69) is 15.2 Å². The van der Waals surface area contributed by atoms with Crippen LogP contribution in [0.4, 0.5) is 0 Å². The van der Waals surface area contributed by atoms with E-state index in [1.807, 2.05) is 13.0 Å². The van der Waals surface area contributed by atoms with Gasteiger partial charge >= 0.3 is 5.69 Å². The molecule has 2 atom stereocenters. The standard InChI is InChI=1S/C13H17N5O4.CH2O2/c1-7-3-9(22-16-7)4-8-5-18(6-10(8)19)12(20)11-14-13(21)17(2)15-11;2-1-3/h3,8,10,19H,4-6H2,1-2H3,(H,14,15,21);1H,(H,2,3)/t8-,10+;/m1./s1. The third-order valence-electron chi connectivity index (χ3n) is 3.81. The third-order valence-corrected chi connectivity index (χ3v) is 3.81. The first kappa shape index (κ1) is 18.4. The number of β-amino-alcohol motifs (C(OH)–C–C–N with tert-alkyl or cyclic N) is 1. The summed E-state index contributed by atoms with van der Waals surface area (Å²) in [5.41, 5.74) is 0.332. The Morgan fingerprint density at radius 2 is 2.20 bits per heavy atom. The number of nitrogens with one attached hydrogen (secondary N) is 1. The van der Waals surface area contributed by atoms with E-state index in [4.69, 9.17) is 14.4 Å². The van der Waals surface area contributed by atoms with E-state index in [1.54, 1.807) is 0 Å². The number of likely N-dealkylation sites (tertiary alicyclic amines) is 1. The zero-order valence-corrected chi connectivity index (χ0v) is 13.7. The molecule has 3 N–H and O–H groups in total. The Morgan fingerprint density at radius 3 is 2.72 bits per heavy atom. The molecule has 3 rings (SSSR count). The largest absolute Gasteiger partial charge is 0.483 e. The molecule has 0 unspecified atom stereocenters. The van der Waals surface area contributed by atoms with Crippen LogP contribution in [0.3, 0.4) is 0 Å². The zero-order valence-electron chi connectivity index (χ0n) is 13.7. The van der Waals surface area contributed by atoms with Crippen molar-refractivity contribution in [3.05, 3.63) is 33.8 Å². The monoisotopic (exact) mass is 353 g/mol. The fraction of sp³-hybridized carbons (Fsp3) is 0.500. The summed E-state index contributed by atoms with van der Waals surface area (Å²) < 4.78 is 6.21. The topological polar surface area (TPSA) is 155 Å². The second-order valence-corrected chi connectivity index (χ2v) is 5.68. The van der Waals surface area contributed by atoms with Crippen molar-refractivity contribution in [3.63, 3.8) is 0 Å². The van der Waals surface area contributed by atoms with Crippen molar-refractivity contribution in [3.8, 4) is 0 Å². The molecule has 1 fully saturated rings. The van der Waals surface area contributed by atoms with Crippen LogP contribution >= 0.6 is 0 Å². The number of rotatable bonds is 3. The quantitative estimate of drug-likeness (QED) is 0.580. The molecule has 1 aliphatic rings. The van der Waals surface area contributed by atoms with Crippen LogP contribution in [-0.2, 0) is 18.3 Å². The number of H-pyrrole nitrogens is 1. The number of aromatic amines is 1. The number of aliphatic hydroxyl groups excluding tert-OH is 1. The third kappa shape index (κ3) is 4.32. The van der Waals surface area contributed by atoms with Gasteiger partial charge in [-0.3, -0.25) is 14.6 Å². The van der Waals surface area contributed by atoms with E-state index in [-0.39, 0.29) is 24.8 Å². The van der Waals surface area contributed by atoms with Gasteiger partial charge in [0.15, 0.2) is 0 Å². The van der Waals surface area contributed by atoms with Gasteiger partial charge in [-0.25, -0.2) is 9.48 Å². The molecule has 0 aromatic carbocycles. The molecule has 1 saturated heterocycles. The van der Waals surface area contributed by atoms with Crippen LogP contribution < -0.4 is 5.69 Å². The Labute approximate surface area is 141 Å². The molecule has 11 nitrogen and oxygen atoms in total. The molecule has 11 heteroatoms. The van der Waals surface area contributed by atoms with Crippen LogP contribution in [0.1, 0.15) is 22.1 Å². The van der Waals surface area contributed by atoms with Gasteiger partial charge in [-0.15, -0.1) is 5.10 Å². The molecule has 1 amide bonds. The number of carbonyl (C=O) groups is 2. The molecule has 0 saturated carbocycles. The number of hydrogen-bond donors (Lipinski definition) is 3. The number of amides is 1. The lowest BCUT2D eigenvalue weighted by atomic mass is 10.0. The van der Waals surface area contributed by atoms with E-state index in [0.29, 0.717) is 18.7 Å². The van der Waals surface area contributed by atoms with Crippen molar-refractivity contribution in [1.29, 1.82) is 0 Å². The van der Waals surface area contributed by atoms with Crippen molar-refractivity contribution in [2.45, 2.75) is 19.4 Å². The Morgan fingerprint density at radius 1 is 1.52 bits per heavy atom. The van der Waals surface area contributed by atoms with Gasteiger partial charge in [0.1, 0.15) is 5.76 Å². The predicted octanol–water partition coefficient (Wildman–Crippen LogP) is -1.22. The maximum atomic E-state index is 12.3. The van der Waals surface area contributed by atoms with Crippen LogP contribution in [0.15, 0.2) is 15.4 Å². The minimum atomic E-state index is -0.648. The molecular weight excluding hydrogens is 334 g/mol. The molecule has 0 radical (unpaired) electrons. The van der Waals surface area contributed by atoms with E-state index in [0.717, 1.165) is 10.4 Å². The van der Waals surface area contributed by atoms with Gasteiger partial charge < -0.3 is 19.6 Å². The number of carbonyl (C=O) groups excluding carboxylic acids is 1. The number of aryl methyl sites for hydroxylation is 2. The normalized spacial score (nSPS) is 19.4. The molecule has 136 valence electrons. The van der Waals surface area contributed by atoms with Crippen molar-refractivity contribution in [1.82, 2.24) is 24.8 Å². The summed E-state index contributed by atoms with van der Waals surface area (Å²) in [4.78, 5) is 35.9. The first-order chi connectivity index (χ1) is 11.8. The first-order valence-corrected chi connectivity index (χ1v) is 7.46. The summed E-state index contributed by atoms with van der Waals surface area (Å²) in [6.07, 6.45) is -0.144. The van der Waals surface area contributed by atoms with Crippen LogP contribution in [-0.4, -0.2) is 66.6 Å². The van der Waals surface area contributed by atoms with Gasteiger partial charge in [0.05, 0.1) is 11.8 Å². The first-order valence-electron chi connectivity index (χ1n) is 7.46. The maximum Gasteiger partial charge on any atom is 0.343 e. The second-order valence-electron chi connectivity index (χ2n) is 5.68. The average molecular weight is 353 g/mol. The van der Waals surface area contributed by atoms with E-state index in [1.165, 1.54) is 11.9 Å². The summed E-state index contributed by atoms with van der Waals surface area (Å²) >= 11 is 0. The Hall–Kier alpha value is -2.95. The Balaban J connectivity index is 0.000000701. The molecule has 0 aliphatic carbocycles. The van der Waals surface area contributed by atoms with Crippen LogP contribution in [0.2, 0.25) is 0 Å². The lowest BCUT2D eigenvalue weighted by molar-refractivity contribution is -0.122. The highest BCUT2D eigenvalue weighted by Gasteiger charge is 2.36. The van der Waals surface area contributed by atoms with Crippen LogP contribution in [0, 0.1) is 12.8 Å². The molecular formula is C14H19N5O6. The van der Waals surface area contributed by atoms with Crippen molar-refractivity contribution < 1.29 is 24.3 Å². The van der Waals surface area contributed by atoms with Crippen molar-refractivity contribution in [2.75, 3.05) is 13.1 Å². The summed E-state index contributed by atoms with van der Waals surface area (Å²) in [6, 6.07) is 1.81. The highest BCUT2D eigenvalue weighted by atomic mass is 16.5. The van der Waals surface area contributed by atoms with Gasteiger partial charge in [-0.1, -0.05) is 5.16 Å². The van der Waals surface area contributed by atoms with Gasteiger partial charge in [-0.2, -0.15) is 0 Å². The van der Waals surface area contributed by atoms with E-state index < -0.39 is 17.7 Å². The summed E-state index contributed by atoms with van der Waals surface area (Å²) in [6.45, 7) is 2.15. The minimum absolute atomic E-state index is 0.0177. The Bertz CT molecular complexity index is 794. The molecule has 2 aromatic heterocycles. The van der Waals surface area contributed by atoms with E-state index >= 15 is 0 Å². The zero-order chi connectivity index (χ0) is 18.6. The SMILES string of the molecule is Cc1cc(C[C@@H]2CN(C(=O)c3nn(C)c(=O)[nH]3)C[C@@H]2O)on1.O=CO. The predicted molar refractivity (Wildman–Crippen MR) is 82.9 cm³/mol. The smallest absolute Gasteiger partial charge is 0.343 e. The molecule has 0 bridgehead atoms. The highest BCUT2D eigenvalue weighted by Crippen LogP contribution is 2.22. The lowest BCUT2D eigenvalue weighted by Gasteiger charge is -2.13. The summed E-state index contributed by atoms with van der Waals surface area (Å²) in [5, 5.41) is 24.7. The molecule has 2 aromatic rings. The fourth-order valence-electron chi connectivity index (χ4n) is 2.64. The molecule has 25 heavy (non-hydrogen) atoms. The van der Waals surface area contributed by atoms with Crippen molar-refractivity contribution >= 4 is 12.4 Å². The number of hydrogen-bond acceptors (Lipinski definition) is 7. The second kappa shape index (κ2) is 7.75. The molecule has 1 aliphatic heterocycles. The van der Waals surface area contributed by atoms with Crippen LogP contribution in [0.5, 0.6) is 0 Å². The summed E-state index contributed by atoms with van der Waals surface area (Å²) in [5.74, 6) is 0.137. The lowest BCUT2D eigenvalue weighted by Crippen LogP contribution is -2.30. The van der Waals surface area contributed by atoms with Crippen LogP contribution in [0.25, 0.3) is 0 Å². The van der Waals surface area contributed by atoms with Gasteiger partial charge in [-0.05, 0) is 6.92 Å². The fourth-order valence-corrected chi connectivity index (χ4v) is 2.64. The Kier molecular flexibility index (Phi) is 5.70. The molecule has 0 spiro atoms. The van der Waals surface area contributed by atoms with E-state index in [9.17, 15) is 14.7 Å². The van der Waals surface area contributed by atoms with Gasteiger partial charge in [0, 0.05) is 38.5 Å². The number of nitrogens with zero attached hydrogens (tertiary/aromatic N) is 4. The number of aliphatic hydroxyl groups is 1. The number of carboxylic acid groups (broad SMARTS) is 1. The maximum absolute atomic E-state index is 12.3. The number of aromatic nitrogens is 4. The minimum Gasteiger partial charge on any atom is -0.483 e. The van der Waals surface area contributed by atoms with Gasteiger partial charge in [0.25, 0.3) is 12.4 Å². The average Bonchev–Trinajstić information content (AvgIpc) is 3.22. The van der Waals surface area contributed by atoms with Gasteiger partial charge in [0.2, 0.25) is 5.82 Å².